The number of ether oxygens (including phenoxy) is 1. The summed E-state index contributed by atoms with van der Waals surface area (Å²) >= 11 is 0. The van der Waals surface area contributed by atoms with Gasteiger partial charge >= 0.3 is 5.97 Å². The number of hydrogen-bond acceptors (Lipinski definition) is 3. The molecule has 0 aliphatic rings. The number of pyridine rings is 1. The third-order valence-electron chi connectivity index (χ3n) is 5.77. The number of aryl methyl sites for hydroxylation is 4. The number of fused-ring (bicyclic) bond motifs is 2. The zero-order chi connectivity index (χ0) is 23.0. The average molecular weight is 428 g/mol. The second-order valence-electron chi connectivity index (χ2n) is 8.33. The van der Waals surface area contributed by atoms with Gasteiger partial charge in [0.25, 0.3) is 0 Å². The number of carbonyl (C=O) groups excluding carboxylic acids is 2. The number of aromatic nitrogens is 1. The molecule has 1 heterocycles. The first-order chi connectivity index (χ1) is 15.3. The Morgan fingerprint density at radius 3 is 2.25 bits per heavy atom. The first-order valence-electron chi connectivity index (χ1n) is 10.6. The number of nitrogens with zero attached hydrogens (tertiary/aromatic N) is 1. The van der Waals surface area contributed by atoms with Crippen molar-refractivity contribution in [2.45, 2.75) is 34.2 Å². The van der Waals surface area contributed by atoms with Gasteiger partial charge in [-0.05, 0) is 49.6 Å². The lowest BCUT2D eigenvalue weighted by molar-refractivity contribution is -0.617. The van der Waals surface area contributed by atoms with Crippen LogP contribution in [0.2, 0.25) is 0 Å². The van der Waals surface area contributed by atoms with Gasteiger partial charge in [-0.3, -0.25) is 4.79 Å². The van der Waals surface area contributed by atoms with E-state index in [0.717, 1.165) is 44.1 Å². The van der Waals surface area contributed by atoms with Gasteiger partial charge in [0, 0.05) is 25.6 Å². The molecule has 0 saturated heterocycles. The lowest BCUT2D eigenvalue weighted by atomic mass is 10.00. The van der Waals surface area contributed by atoms with E-state index < -0.39 is 5.97 Å². The molecule has 0 radical (unpaired) electrons. The molecule has 4 aromatic rings. The lowest BCUT2D eigenvalue weighted by Gasteiger charge is -2.14. The Morgan fingerprint density at radius 2 is 1.56 bits per heavy atom. The van der Waals surface area contributed by atoms with Crippen LogP contribution in [0.3, 0.4) is 0 Å². The summed E-state index contributed by atoms with van der Waals surface area (Å²) in [6.45, 7) is 7.82. The van der Waals surface area contributed by atoms with E-state index in [1.165, 1.54) is 6.92 Å². The molecule has 3 aromatic carbocycles. The van der Waals surface area contributed by atoms with Crippen LogP contribution in [0.4, 0.5) is 0 Å². The van der Waals surface area contributed by atoms with E-state index in [4.69, 9.17) is 4.74 Å². The number of amides is 1. The molecule has 5 heteroatoms. The topological polar surface area (TPSA) is 59.3 Å². The number of esters is 1. The number of rotatable bonds is 4. The van der Waals surface area contributed by atoms with E-state index in [0.29, 0.717) is 17.9 Å². The molecule has 32 heavy (non-hydrogen) atoms. The van der Waals surface area contributed by atoms with E-state index in [9.17, 15) is 9.59 Å². The molecule has 0 spiro atoms. The van der Waals surface area contributed by atoms with E-state index in [2.05, 4.69) is 9.88 Å². The molecular formula is C27H27N2O3+. The van der Waals surface area contributed by atoms with Crippen molar-refractivity contribution in [2.24, 2.45) is 7.05 Å². The molecule has 0 bridgehead atoms. The van der Waals surface area contributed by atoms with Crippen LogP contribution in [0.25, 0.3) is 21.8 Å². The van der Waals surface area contributed by atoms with Gasteiger partial charge in [0.2, 0.25) is 16.9 Å². The van der Waals surface area contributed by atoms with Crippen molar-refractivity contribution < 1.29 is 18.9 Å². The van der Waals surface area contributed by atoms with E-state index in [1.54, 1.807) is 0 Å². The third-order valence-corrected chi connectivity index (χ3v) is 5.77. The van der Waals surface area contributed by atoms with Crippen molar-refractivity contribution in [3.63, 3.8) is 0 Å². The second-order valence-corrected chi connectivity index (χ2v) is 8.33. The van der Waals surface area contributed by atoms with Crippen molar-refractivity contribution in [1.82, 2.24) is 5.32 Å². The van der Waals surface area contributed by atoms with Crippen LogP contribution in [0, 0.1) is 20.8 Å². The van der Waals surface area contributed by atoms with Crippen LogP contribution < -0.4 is 14.6 Å². The standard InChI is InChI=1S/C27H26N2O3/c1-16-12-17(2)26(18(3)13-16)32-27(31)25-21-8-6-7-9-23(21)29(5)24-11-10-20(14-22(24)25)15-28-19(4)30/h6-14H,15H2,1-5H3/p+1. The van der Waals surface area contributed by atoms with Crippen molar-refractivity contribution in [2.75, 3.05) is 0 Å². The lowest BCUT2D eigenvalue weighted by Crippen LogP contribution is -2.31. The fourth-order valence-electron chi connectivity index (χ4n) is 4.36. The monoisotopic (exact) mass is 427 g/mol. The maximum absolute atomic E-state index is 13.6. The molecule has 1 N–H and O–H groups in total. The minimum Gasteiger partial charge on any atom is -0.422 e. The smallest absolute Gasteiger partial charge is 0.345 e. The molecule has 0 fully saturated rings. The molecule has 4 rings (SSSR count). The largest absolute Gasteiger partial charge is 0.422 e. The van der Waals surface area contributed by atoms with Crippen molar-refractivity contribution in [1.29, 1.82) is 0 Å². The Labute approximate surface area is 187 Å². The van der Waals surface area contributed by atoms with E-state index >= 15 is 0 Å². The molecule has 162 valence electrons. The highest BCUT2D eigenvalue weighted by Crippen LogP contribution is 2.30. The molecule has 0 aliphatic carbocycles. The Balaban J connectivity index is 1.92. The first-order valence-corrected chi connectivity index (χ1v) is 10.6. The molecule has 1 aromatic heterocycles. The quantitative estimate of drug-likeness (QED) is 0.224. The summed E-state index contributed by atoms with van der Waals surface area (Å²) < 4.78 is 8.07. The van der Waals surface area contributed by atoms with Gasteiger partial charge in [0.15, 0.2) is 0 Å². The highest BCUT2D eigenvalue weighted by Gasteiger charge is 2.25. The summed E-state index contributed by atoms with van der Waals surface area (Å²) in [6.07, 6.45) is 0. The predicted molar refractivity (Wildman–Crippen MR) is 126 cm³/mol. The van der Waals surface area contributed by atoms with Crippen molar-refractivity contribution in [3.05, 3.63) is 82.4 Å². The van der Waals surface area contributed by atoms with E-state index in [1.807, 2.05) is 82.4 Å². The number of nitrogens with one attached hydrogen (secondary N) is 1. The Bertz CT molecular complexity index is 1370. The zero-order valence-electron chi connectivity index (χ0n) is 19.1. The van der Waals surface area contributed by atoms with Crippen LogP contribution in [-0.4, -0.2) is 11.9 Å². The normalized spacial score (nSPS) is 11.0. The first kappa shape index (κ1) is 21.5. The van der Waals surface area contributed by atoms with E-state index in [-0.39, 0.29) is 5.91 Å². The number of benzene rings is 3. The molecular weight excluding hydrogens is 400 g/mol. The highest BCUT2D eigenvalue weighted by atomic mass is 16.5. The van der Waals surface area contributed by atoms with Gasteiger partial charge in [0.05, 0.1) is 16.3 Å². The summed E-state index contributed by atoms with van der Waals surface area (Å²) in [6, 6.07) is 17.8. The van der Waals surface area contributed by atoms with Gasteiger partial charge in [-0.15, -0.1) is 0 Å². The molecule has 0 unspecified atom stereocenters. The van der Waals surface area contributed by atoms with Crippen LogP contribution in [0.5, 0.6) is 5.75 Å². The van der Waals surface area contributed by atoms with Gasteiger partial charge in [-0.25, -0.2) is 4.79 Å². The molecule has 0 aliphatic heterocycles. The molecule has 0 atom stereocenters. The van der Waals surface area contributed by atoms with Gasteiger partial charge in [-0.2, -0.15) is 4.57 Å². The number of hydrogen-bond donors (Lipinski definition) is 1. The fourth-order valence-corrected chi connectivity index (χ4v) is 4.36. The Hall–Kier alpha value is -3.73. The molecule has 1 amide bonds. The van der Waals surface area contributed by atoms with Crippen LogP contribution >= 0.6 is 0 Å². The van der Waals surface area contributed by atoms with Crippen molar-refractivity contribution in [3.8, 4) is 5.75 Å². The summed E-state index contributed by atoms with van der Waals surface area (Å²) in [5.41, 5.74) is 6.29. The van der Waals surface area contributed by atoms with Crippen LogP contribution in [0.1, 0.15) is 39.5 Å². The predicted octanol–water partition coefficient (Wildman–Crippen LogP) is 4.60. The second kappa shape index (κ2) is 8.42. The van der Waals surface area contributed by atoms with Gasteiger partial charge < -0.3 is 10.1 Å². The highest BCUT2D eigenvalue weighted by molar-refractivity contribution is 6.13. The fraction of sp³-hybridized carbons (Fsp3) is 0.222. The summed E-state index contributed by atoms with van der Waals surface area (Å²) in [4.78, 5) is 25.0. The summed E-state index contributed by atoms with van der Waals surface area (Å²) in [5.74, 6) is 0.109. The third kappa shape index (κ3) is 3.94. The average Bonchev–Trinajstić information content (AvgIpc) is 2.75. The Kier molecular flexibility index (Phi) is 5.66. The zero-order valence-corrected chi connectivity index (χ0v) is 19.1. The molecule has 5 nitrogen and oxygen atoms in total. The summed E-state index contributed by atoms with van der Waals surface area (Å²) in [7, 11) is 1.99. The minimum atomic E-state index is -0.390. The van der Waals surface area contributed by atoms with Gasteiger partial charge in [-0.1, -0.05) is 35.9 Å². The minimum absolute atomic E-state index is 0.0980. The van der Waals surface area contributed by atoms with Crippen molar-refractivity contribution >= 4 is 33.7 Å². The van der Waals surface area contributed by atoms with Crippen LogP contribution in [0.15, 0.2) is 54.6 Å². The van der Waals surface area contributed by atoms with Gasteiger partial charge in [0.1, 0.15) is 12.8 Å². The van der Waals surface area contributed by atoms with Crippen LogP contribution in [-0.2, 0) is 18.4 Å². The number of carbonyl (C=O) groups is 2. The molecule has 0 saturated carbocycles. The number of para-hydroxylation sites is 1. The maximum atomic E-state index is 13.6. The maximum Gasteiger partial charge on any atom is 0.345 e. The summed E-state index contributed by atoms with van der Waals surface area (Å²) in [5, 5.41) is 4.44. The SMILES string of the molecule is CC(=O)NCc1ccc2c(c1)c(C(=O)Oc1c(C)cc(C)cc1C)c1ccccc1[n+]2C. The Morgan fingerprint density at radius 1 is 0.906 bits per heavy atom.